The lowest BCUT2D eigenvalue weighted by molar-refractivity contribution is 0.0483. The summed E-state index contributed by atoms with van der Waals surface area (Å²) >= 11 is 0. The second kappa shape index (κ2) is 9.23. The summed E-state index contributed by atoms with van der Waals surface area (Å²) in [7, 11) is 4.58. The second-order valence-corrected chi connectivity index (χ2v) is 7.67. The SMILES string of the molecule is COc1ccc(C=Cc2nn(C(N)=O)c3ccc(C(=O)OCC4CC4)c(OC)c23)cc1OC. The van der Waals surface area contributed by atoms with Crippen LogP contribution in [0.15, 0.2) is 30.3 Å². The molecule has 1 fully saturated rings. The molecule has 0 aliphatic heterocycles. The molecule has 0 bridgehead atoms. The molecule has 2 aromatic carbocycles. The predicted octanol–water partition coefficient (Wildman–Crippen LogP) is 3.73. The fourth-order valence-electron chi connectivity index (χ4n) is 3.55. The van der Waals surface area contributed by atoms with Crippen molar-refractivity contribution in [1.29, 1.82) is 0 Å². The Hall–Kier alpha value is -4.01. The van der Waals surface area contributed by atoms with Gasteiger partial charge in [-0.25, -0.2) is 9.59 Å². The van der Waals surface area contributed by atoms with Gasteiger partial charge in [-0.1, -0.05) is 12.1 Å². The van der Waals surface area contributed by atoms with Crippen LogP contribution < -0.4 is 19.9 Å². The van der Waals surface area contributed by atoms with E-state index in [0.29, 0.717) is 40.6 Å². The number of rotatable bonds is 8. The number of nitrogens with zero attached hydrogens (tertiary/aromatic N) is 2. The van der Waals surface area contributed by atoms with Crippen molar-refractivity contribution in [2.24, 2.45) is 11.7 Å². The minimum atomic E-state index is -0.753. The topological polar surface area (TPSA) is 115 Å². The van der Waals surface area contributed by atoms with Gasteiger partial charge in [0.25, 0.3) is 0 Å². The first kappa shape index (κ1) is 22.2. The zero-order chi connectivity index (χ0) is 23.5. The molecule has 0 atom stereocenters. The van der Waals surface area contributed by atoms with E-state index in [-0.39, 0.29) is 11.3 Å². The summed E-state index contributed by atoms with van der Waals surface area (Å²) in [5.41, 5.74) is 7.43. The molecule has 2 N–H and O–H groups in total. The molecule has 9 heteroatoms. The van der Waals surface area contributed by atoms with Gasteiger partial charge < -0.3 is 24.7 Å². The van der Waals surface area contributed by atoms with Crippen LogP contribution in [0.3, 0.4) is 0 Å². The van der Waals surface area contributed by atoms with E-state index in [1.54, 1.807) is 50.6 Å². The number of primary amides is 1. The van der Waals surface area contributed by atoms with Gasteiger partial charge in [-0.3, -0.25) is 0 Å². The van der Waals surface area contributed by atoms with E-state index >= 15 is 0 Å². The Morgan fingerprint density at radius 3 is 2.45 bits per heavy atom. The van der Waals surface area contributed by atoms with Crippen LogP contribution in [0.2, 0.25) is 0 Å². The number of fused-ring (bicyclic) bond motifs is 1. The average Bonchev–Trinajstić information content (AvgIpc) is 3.59. The standard InChI is InChI=1S/C24H25N3O6/c1-30-19-11-7-14(12-20(19)31-2)6-9-17-21-18(27(26-17)24(25)29)10-8-16(22(21)32-3)23(28)33-13-15-4-5-15/h6-12,15H,4-5,13H2,1-3H3,(H2,25,29). The largest absolute Gasteiger partial charge is 0.495 e. The molecule has 0 saturated heterocycles. The summed E-state index contributed by atoms with van der Waals surface area (Å²) in [6.07, 6.45) is 5.65. The number of nitrogens with two attached hydrogens (primary N) is 1. The first-order valence-corrected chi connectivity index (χ1v) is 10.4. The van der Waals surface area contributed by atoms with Crippen LogP contribution in [0.4, 0.5) is 4.79 Å². The second-order valence-electron chi connectivity index (χ2n) is 7.67. The molecule has 0 radical (unpaired) electrons. The number of hydrogen-bond donors (Lipinski definition) is 1. The van der Waals surface area contributed by atoms with Crippen LogP contribution in [0, 0.1) is 5.92 Å². The number of aromatic nitrogens is 2. The van der Waals surface area contributed by atoms with E-state index in [0.717, 1.165) is 23.1 Å². The van der Waals surface area contributed by atoms with Gasteiger partial charge in [-0.15, -0.1) is 0 Å². The van der Waals surface area contributed by atoms with Crippen molar-refractivity contribution in [2.45, 2.75) is 12.8 Å². The Bertz CT molecular complexity index is 1240. The summed E-state index contributed by atoms with van der Waals surface area (Å²) < 4.78 is 22.7. The Balaban J connectivity index is 1.78. The van der Waals surface area contributed by atoms with Gasteiger partial charge in [0.1, 0.15) is 11.3 Å². The highest BCUT2D eigenvalue weighted by atomic mass is 16.5. The maximum absolute atomic E-state index is 12.7. The van der Waals surface area contributed by atoms with E-state index in [1.165, 1.54) is 7.11 Å². The highest BCUT2D eigenvalue weighted by molar-refractivity contribution is 6.05. The quantitative estimate of drug-likeness (QED) is 0.519. The summed E-state index contributed by atoms with van der Waals surface area (Å²) in [5.74, 6) is 1.40. The minimum absolute atomic E-state index is 0.260. The third-order valence-electron chi connectivity index (χ3n) is 5.45. The molecule has 172 valence electrons. The molecule has 1 heterocycles. The number of benzene rings is 2. The molecule has 33 heavy (non-hydrogen) atoms. The summed E-state index contributed by atoms with van der Waals surface area (Å²) in [6.45, 7) is 0.382. The van der Waals surface area contributed by atoms with Gasteiger partial charge in [-0.2, -0.15) is 9.78 Å². The molecule has 1 aliphatic carbocycles. The molecule has 4 rings (SSSR count). The number of methoxy groups -OCH3 is 3. The predicted molar refractivity (Wildman–Crippen MR) is 123 cm³/mol. The van der Waals surface area contributed by atoms with Crippen molar-refractivity contribution in [3.63, 3.8) is 0 Å². The van der Waals surface area contributed by atoms with Gasteiger partial charge >= 0.3 is 12.0 Å². The first-order chi connectivity index (χ1) is 16.0. The number of amides is 1. The molecular formula is C24H25N3O6. The number of esters is 1. The highest BCUT2D eigenvalue weighted by Gasteiger charge is 2.26. The molecule has 1 aliphatic rings. The molecule has 1 amide bonds. The first-order valence-electron chi connectivity index (χ1n) is 10.4. The van der Waals surface area contributed by atoms with Crippen LogP contribution >= 0.6 is 0 Å². The Morgan fingerprint density at radius 1 is 1.06 bits per heavy atom. The molecule has 0 spiro atoms. The van der Waals surface area contributed by atoms with Gasteiger partial charge in [0.05, 0.1) is 44.5 Å². The van der Waals surface area contributed by atoms with E-state index < -0.39 is 12.0 Å². The number of hydrogen-bond acceptors (Lipinski definition) is 7. The van der Waals surface area contributed by atoms with E-state index in [2.05, 4.69) is 5.10 Å². The Kier molecular flexibility index (Phi) is 6.21. The van der Waals surface area contributed by atoms with E-state index in [1.807, 2.05) is 6.07 Å². The van der Waals surface area contributed by atoms with Crippen LogP contribution in [-0.2, 0) is 4.74 Å². The summed E-state index contributed by atoms with van der Waals surface area (Å²) in [5, 5.41) is 4.82. The van der Waals surface area contributed by atoms with Crippen LogP contribution in [0.1, 0.15) is 34.5 Å². The lowest BCUT2D eigenvalue weighted by atomic mass is 10.1. The maximum Gasteiger partial charge on any atom is 0.341 e. The normalized spacial score (nSPS) is 13.3. The number of carbonyl (C=O) groups excluding carboxylic acids is 2. The zero-order valence-electron chi connectivity index (χ0n) is 18.7. The van der Waals surface area contributed by atoms with Gasteiger partial charge in [-0.05, 0) is 54.7 Å². The summed E-state index contributed by atoms with van der Waals surface area (Å²) in [6, 6.07) is 7.85. The molecule has 3 aromatic rings. The van der Waals surface area contributed by atoms with Crippen molar-refractivity contribution in [3.05, 3.63) is 47.2 Å². The maximum atomic E-state index is 12.7. The van der Waals surface area contributed by atoms with Gasteiger partial charge in [0.2, 0.25) is 0 Å². The smallest absolute Gasteiger partial charge is 0.341 e. The lowest BCUT2D eigenvalue weighted by Crippen LogP contribution is -2.20. The summed E-state index contributed by atoms with van der Waals surface area (Å²) in [4.78, 5) is 24.7. The van der Waals surface area contributed by atoms with Crippen molar-refractivity contribution < 1.29 is 28.5 Å². The fraction of sp³-hybridized carbons (Fsp3) is 0.292. The third kappa shape index (κ3) is 4.48. The average molecular weight is 451 g/mol. The number of ether oxygens (including phenoxy) is 4. The minimum Gasteiger partial charge on any atom is -0.495 e. The van der Waals surface area contributed by atoms with Crippen LogP contribution in [0.25, 0.3) is 23.1 Å². The fourth-order valence-corrected chi connectivity index (χ4v) is 3.55. The van der Waals surface area contributed by atoms with Gasteiger partial charge in [0.15, 0.2) is 11.5 Å². The van der Waals surface area contributed by atoms with Gasteiger partial charge in [0, 0.05) is 0 Å². The molecule has 0 unspecified atom stereocenters. The van der Waals surface area contributed by atoms with Crippen molar-refractivity contribution in [1.82, 2.24) is 9.78 Å². The lowest BCUT2D eigenvalue weighted by Gasteiger charge is -2.10. The van der Waals surface area contributed by atoms with Crippen molar-refractivity contribution >= 4 is 35.1 Å². The van der Waals surface area contributed by atoms with Crippen molar-refractivity contribution in [2.75, 3.05) is 27.9 Å². The molecule has 1 aromatic heterocycles. The van der Waals surface area contributed by atoms with E-state index in [9.17, 15) is 9.59 Å². The van der Waals surface area contributed by atoms with Crippen LogP contribution in [-0.4, -0.2) is 49.7 Å². The monoisotopic (exact) mass is 451 g/mol. The zero-order valence-corrected chi connectivity index (χ0v) is 18.7. The van der Waals surface area contributed by atoms with Crippen molar-refractivity contribution in [3.8, 4) is 17.2 Å². The Labute approximate surface area is 190 Å². The Morgan fingerprint density at radius 2 is 1.82 bits per heavy atom. The van der Waals surface area contributed by atoms with Crippen LogP contribution in [0.5, 0.6) is 17.2 Å². The highest BCUT2D eigenvalue weighted by Crippen LogP contribution is 2.35. The number of carbonyl (C=O) groups is 2. The van der Waals surface area contributed by atoms with E-state index in [4.69, 9.17) is 24.7 Å². The third-order valence-corrected chi connectivity index (χ3v) is 5.45. The molecule has 1 saturated carbocycles. The molecular weight excluding hydrogens is 426 g/mol. The molecule has 9 nitrogen and oxygen atoms in total.